The van der Waals surface area contributed by atoms with E-state index in [9.17, 15) is 14.0 Å². The highest BCUT2D eigenvalue weighted by atomic mass is 19.1. The van der Waals surface area contributed by atoms with Gasteiger partial charge >= 0.3 is 0 Å². The summed E-state index contributed by atoms with van der Waals surface area (Å²) in [6, 6.07) is 11.7. The summed E-state index contributed by atoms with van der Waals surface area (Å²) >= 11 is 0. The number of anilines is 1. The van der Waals surface area contributed by atoms with Crippen molar-refractivity contribution in [3.63, 3.8) is 0 Å². The van der Waals surface area contributed by atoms with Crippen LogP contribution in [-0.2, 0) is 9.59 Å². The smallest absolute Gasteiger partial charge is 0.245 e. The van der Waals surface area contributed by atoms with E-state index in [4.69, 9.17) is 0 Å². The Bertz CT molecular complexity index is 809. The summed E-state index contributed by atoms with van der Waals surface area (Å²) in [5.74, 6) is -0.369. The summed E-state index contributed by atoms with van der Waals surface area (Å²) in [4.78, 5) is 30.1. The third-order valence-electron chi connectivity index (χ3n) is 4.30. The molecule has 1 aliphatic carbocycles. The fourth-order valence-electron chi connectivity index (χ4n) is 2.94. The van der Waals surface area contributed by atoms with Crippen LogP contribution in [-0.4, -0.2) is 35.3 Å². The molecule has 25 heavy (non-hydrogen) atoms. The van der Waals surface area contributed by atoms with E-state index in [0.29, 0.717) is 12.2 Å². The Hall–Kier alpha value is -2.76. The highest BCUT2D eigenvalue weighted by Crippen LogP contribution is 2.48. The van der Waals surface area contributed by atoms with Gasteiger partial charge in [0, 0.05) is 18.7 Å². The first-order valence-electron chi connectivity index (χ1n) is 8.18. The highest BCUT2D eigenvalue weighted by Gasteiger charge is 2.45. The van der Waals surface area contributed by atoms with Crippen molar-refractivity contribution in [2.45, 2.75) is 19.3 Å². The zero-order valence-corrected chi connectivity index (χ0v) is 14.2. The third-order valence-corrected chi connectivity index (χ3v) is 4.30. The molecule has 2 atom stereocenters. The second-order valence-corrected chi connectivity index (χ2v) is 6.41. The standard InChI is InChI=1S/C19H20FN3O2/c1-12-5-3-8-17(21-12)22-18(24)11-23(2)19(25)16-10-15(16)13-6-4-7-14(20)9-13/h3-9,15-16H,10-11H2,1-2H3,(H,21,22,24)/t15-,16+/m0/s1. The van der Waals surface area contributed by atoms with Gasteiger partial charge in [0.15, 0.2) is 0 Å². The number of rotatable bonds is 5. The van der Waals surface area contributed by atoms with Crippen molar-refractivity contribution in [2.75, 3.05) is 18.9 Å². The van der Waals surface area contributed by atoms with Crippen LogP contribution in [0.5, 0.6) is 0 Å². The number of halogens is 1. The van der Waals surface area contributed by atoms with E-state index in [1.165, 1.54) is 17.0 Å². The number of pyridine rings is 1. The van der Waals surface area contributed by atoms with Crippen LogP contribution in [0.15, 0.2) is 42.5 Å². The molecule has 130 valence electrons. The van der Waals surface area contributed by atoms with Crippen LogP contribution in [0.1, 0.15) is 23.6 Å². The van der Waals surface area contributed by atoms with Crippen molar-refractivity contribution in [1.82, 2.24) is 9.88 Å². The van der Waals surface area contributed by atoms with Gasteiger partial charge in [0.1, 0.15) is 11.6 Å². The lowest BCUT2D eigenvalue weighted by Crippen LogP contribution is -2.36. The van der Waals surface area contributed by atoms with Crippen molar-refractivity contribution in [3.05, 3.63) is 59.5 Å². The largest absolute Gasteiger partial charge is 0.336 e. The predicted octanol–water partition coefficient (Wildman–Crippen LogP) is 2.73. The molecule has 0 spiro atoms. The molecule has 0 bridgehead atoms. The zero-order chi connectivity index (χ0) is 18.0. The Labute approximate surface area is 145 Å². The maximum Gasteiger partial charge on any atom is 0.245 e. The monoisotopic (exact) mass is 341 g/mol. The van der Waals surface area contributed by atoms with Crippen LogP contribution in [0.2, 0.25) is 0 Å². The Morgan fingerprint density at radius 3 is 2.76 bits per heavy atom. The minimum Gasteiger partial charge on any atom is -0.336 e. The lowest BCUT2D eigenvalue weighted by molar-refractivity contribution is -0.134. The first-order chi connectivity index (χ1) is 11.9. The number of nitrogens with one attached hydrogen (secondary N) is 1. The van der Waals surface area contributed by atoms with Gasteiger partial charge < -0.3 is 10.2 Å². The van der Waals surface area contributed by atoms with E-state index in [-0.39, 0.29) is 36.0 Å². The number of amides is 2. The van der Waals surface area contributed by atoms with Crippen molar-refractivity contribution < 1.29 is 14.0 Å². The van der Waals surface area contributed by atoms with Crippen molar-refractivity contribution in [3.8, 4) is 0 Å². The van der Waals surface area contributed by atoms with E-state index < -0.39 is 0 Å². The fraction of sp³-hybridized carbons (Fsp3) is 0.316. The summed E-state index contributed by atoms with van der Waals surface area (Å²) in [5, 5.41) is 2.68. The molecular weight excluding hydrogens is 321 g/mol. The van der Waals surface area contributed by atoms with Gasteiger partial charge in [-0.25, -0.2) is 9.37 Å². The summed E-state index contributed by atoms with van der Waals surface area (Å²) in [7, 11) is 1.60. The van der Waals surface area contributed by atoms with Crippen molar-refractivity contribution in [1.29, 1.82) is 0 Å². The Morgan fingerprint density at radius 1 is 1.28 bits per heavy atom. The number of hydrogen-bond donors (Lipinski definition) is 1. The highest BCUT2D eigenvalue weighted by molar-refractivity contribution is 5.94. The zero-order valence-electron chi connectivity index (χ0n) is 14.2. The van der Waals surface area contributed by atoms with E-state index in [1.807, 2.05) is 19.1 Å². The number of benzene rings is 1. The van der Waals surface area contributed by atoms with E-state index in [1.54, 1.807) is 25.2 Å². The van der Waals surface area contributed by atoms with Crippen LogP contribution in [0, 0.1) is 18.7 Å². The summed E-state index contributed by atoms with van der Waals surface area (Å²) in [5.41, 5.74) is 1.64. The quantitative estimate of drug-likeness (QED) is 0.909. The Morgan fingerprint density at radius 2 is 2.04 bits per heavy atom. The van der Waals surface area contributed by atoms with Crippen molar-refractivity contribution in [2.24, 2.45) is 5.92 Å². The lowest BCUT2D eigenvalue weighted by atomic mass is 10.1. The minimum atomic E-state index is -0.297. The SMILES string of the molecule is Cc1cccc(NC(=O)CN(C)C(=O)[C@@H]2C[C@H]2c2cccc(F)c2)n1. The van der Waals surface area contributed by atoms with Crippen LogP contribution in [0.4, 0.5) is 10.2 Å². The fourth-order valence-corrected chi connectivity index (χ4v) is 2.94. The topological polar surface area (TPSA) is 62.3 Å². The van der Waals surface area contributed by atoms with Gasteiger partial charge in [-0.15, -0.1) is 0 Å². The number of nitrogens with zero attached hydrogens (tertiary/aromatic N) is 2. The molecule has 0 aliphatic heterocycles. The summed E-state index contributed by atoms with van der Waals surface area (Å²) < 4.78 is 13.3. The average molecular weight is 341 g/mol. The molecule has 1 aromatic carbocycles. The second-order valence-electron chi connectivity index (χ2n) is 6.41. The molecule has 1 aliphatic rings. The maximum atomic E-state index is 13.3. The maximum absolute atomic E-state index is 13.3. The molecule has 2 aromatic rings. The Balaban J connectivity index is 1.54. The molecule has 1 fully saturated rings. The van der Waals surface area contributed by atoms with Gasteiger partial charge in [-0.1, -0.05) is 18.2 Å². The van der Waals surface area contributed by atoms with Gasteiger partial charge in [-0.3, -0.25) is 9.59 Å². The number of aryl methyl sites for hydroxylation is 1. The molecule has 1 N–H and O–H groups in total. The van der Waals surface area contributed by atoms with E-state index >= 15 is 0 Å². The first kappa shape index (κ1) is 17.1. The second kappa shape index (κ2) is 7.01. The number of aromatic nitrogens is 1. The van der Waals surface area contributed by atoms with Crippen LogP contribution in [0.3, 0.4) is 0 Å². The molecule has 3 rings (SSSR count). The molecule has 0 saturated heterocycles. The number of carbonyl (C=O) groups is 2. The van der Waals surface area contributed by atoms with Crippen LogP contribution in [0.25, 0.3) is 0 Å². The van der Waals surface area contributed by atoms with Crippen LogP contribution >= 0.6 is 0 Å². The molecule has 5 nitrogen and oxygen atoms in total. The predicted molar refractivity (Wildman–Crippen MR) is 92.5 cm³/mol. The number of hydrogen-bond acceptors (Lipinski definition) is 3. The molecule has 6 heteroatoms. The Kier molecular flexibility index (Phi) is 4.79. The van der Waals surface area contributed by atoms with Gasteiger partial charge in [-0.2, -0.15) is 0 Å². The molecule has 0 unspecified atom stereocenters. The summed E-state index contributed by atoms with van der Waals surface area (Å²) in [6.07, 6.45) is 0.688. The molecule has 1 heterocycles. The first-order valence-corrected chi connectivity index (χ1v) is 8.18. The minimum absolute atomic E-state index is 0.0344. The van der Waals surface area contributed by atoms with E-state index in [0.717, 1.165) is 11.3 Å². The number of carbonyl (C=O) groups excluding carboxylic acids is 2. The van der Waals surface area contributed by atoms with Gasteiger partial charge in [0.05, 0.1) is 6.54 Å². The normalized spacial score (nSPS) is 18.5. The van der Waals surface area contributed by atoms with Crippen molar-refractivity contribution >= 4 is 17.6 Å². The third kappa shape index (κ3) is 4.21. The van der Waals surface area contributed by atoms with Gasteiger partial charge in [0.25, 0.3) is 0 Å². The molecular formula is C19H20FN3O2. The van der Waals surface area contributed by atoms with Crippen LogP contribution < -0.4 is 5.32 Å². The summed E-state index contributed by atoms with van der Waals surface area (Å²) in [6.45, 7) is 1.80. The molecule has 2 amide bonds. The van der Waals surface area contributed by atoms with Gasteiger partial charge in [0.2, 0.25) is 11.8 Å². The lowest BCUT2D eigenvalue weighted by Gasteiger charge is -2.17. The van der Waals surface area contributed by atoms with Gasteiger partial charge in [-0.05, 0) is 49.1 Å². The molecule has 1 saturated carbocycles. The van der Waals surface area contributed by atoms with E-state index in [2.05, 4.69) is 10.3 Å². The molecule has 0 radical (unpaired) electrons. The molecule has 1 aromatic heterocycles. The number of likely N-dealkylation sites (N-methyl/N-ethyl adjacent to an activating group) is 1. The average Bonchev–Trinajstić information content (AvgIpc) is 3.34.